The molecule has 0 atom stereocenters. The Bertz CT molecular complexity index is 1710. The van der Waals surface area contributed by atoms with Crippen molar-refractivity contribution in [2.24, 2.45) is 0 Å². The molecule has 0 aliphatic carbocycles. The molecule has 5 aromatic rings. The number of amides is 2. The maximum atomic E-state index is 12.8. The molecule has 8 nitrogen and oxygen atoms in total. The van der Waals surface area contributed by atoms with Gasteiger partial charge in [-0.05, 0) is 26.0 Å². The van der Waals surface area contributed by atoms with Crippen LogP contribution in [0.15, 0.2) is 88.5 Å². The van der Waals surface area contributed by atoms with E-state index >= 15 is 0 Å². The number of thiazole rings is 2. The van der Waals surface area contributed by atoms with Gasteiger partial charge in [-0.3, -0.25) is 14.9 Å². The number of anilines is 2. The van der Waals surface area contributed by atoms with Gasteiger partial charge in [0.2, 0.25) is 5.91 Å². The van der Waals surface area contributed by atoms with Crippen LogP contribution < -0.4 is 10.6 Å². The number of esters is 1. The number of nitrogens with one attached hydrogen (secondary N) is 2. The second-order valence-electron chi connectivity index (χ2n) is 9.27. The summed E-state index contributed by atoms with van der Waals surface area (Å²) in [6.45, 7) is 3.57. The third-order valence-corrected chi connectivity index (χ3v) is 8.58. The third kappa shape index (κ3) is 7.69. The van der Waals surface area contributed by atoms with Gasteiger partial charge >= 0.3 is 5.97 Å². The Kier molecular flexibility index (Phi) is 9.42. The zero-order valence-electron chi connectivity index (χ0n) is 22.7. The maximum Gasteiger partial charge on any atom is 0.339 e. The van der Waals surface area contributed by atoms with Crippen molar-refractivity contribution in [3.8, 4) is 22.5 Å². The molecular weight excluding hydrogens is 589 g/mol. The fraction of sp³-hybridized carbons (Fsp3) is 0.129. The molecule has 11 heteroatoms. The van der Waals surface area contributed by atoms with Crippen LogP contribution in [0.2, 0.25) is 0 Å². The molecule has 0 aliphatic rings. The average molecular weight is 615 g/mol. The lowest BCUT2D eigenvalue weighted by Crippen LogP contribution is -2.21. The Hall–Kier alpha value is -4.32. The number of rotatable bonds is 10. The van der Waals surface area contributed by atoms with Gasteiger partial charge in [-0.2, -0.15) is 0 Å². The SMILES string of the molecule is Cc1ccc(-c2csc(NC(=O)COC(=O)c3ccccc3SCC(=O)Nc3nc(-c4ccc(C)cc4)cs3)n2)cc1. The number of ether oxygens (including phenoxy) is 1. The van der Waals surface area contributed by atoms with Crippen LogP contribution in [-0.4, -0.2) is 40.1 Å². The lowest BCUT2D eigenvalue weighted by atomic mass is 10.1. The van der Waals surface area contributed by atoms with E-state index in [4.69, 9.17) is 4.74 Å². The number of hydrogen-bond acceptors (Lipinski definition) is 9. The van der Waals surface area contributed by atoms with E-state index in [0.717, 1.165) is 33.6 Å². The molecule has 0 bridgehead atoms. The molecule has 0 spiro atoms. The van der Waals surface area contributed by atoms with Gasteiger partial charge in [-0.15, -0.1) is 34.4 Å². The van der Waals surface area contributed by atoms with Gasteiger partial charge in [0.1, 0.15) is 0 Å². The second kappa shape index (κ2) is 13.6. The Morgan fingerprint density at radius 2 is 1.26 bits per heavy atom. The number of aryl methyl sites for hydroxylation is 2. The van der Waals surface area contributed by atoms with Crippen molar-refractivity contribution in [3.05, 3.63) is 100 Å². The minimum Gasteiger partial charge on any atom is -0.452 e. The zero-order valence-corrected chi connectivity index (χ0v) is 25.2. The summed E-state index contributed by atoms with van der Waals surface area (Å²) < 4.78 is 5.27. The van der Waals surface area contributed by atoms with Crippen LogP contribution in [0.1, 0.15) is 21.5 Å². The molecule has 42 heavy (non-hydrogen) atoms. The molecule has 0 aliphatic heterocycles. The molecule has 2 aromatic heterocycles. The molecule has 212 valence electrons. The molecule has 0 saturated carbocycles. The smallest absolute Gasteiger partial charge is 0.339 e. The topological polar surface area (TPSA) is 110 Å². The summed E-state index contributed by atoms with van der Waals surface area (Å²) in [5, 5.41) is 10.2. The number of benzene rings is 3. The van der Waals surface area contributed by atoms with Crippen molar-refractivity contribution >= 4 is 62.5 Å². The first-order valence-corrected chi connectivity index (χ1v) is 15.6. The minimum absolute atomic E-state index is 0.0671. The van der Waals surface area contributed by atoms with E-state index in [0.29, 0.717) is 15.2 Å². The van der Waals surface area contributed by atoms with Crippen LogP contribution in [0.4, 0.5) is 10.3 Å². The van der Waals surface area contributed by atoms with Crippen molar-refractivity contribution in [2.45, 2.75) is 18.7 Å². The first kappa shape index (κ1) is 29.2. The van der Waals surface area contributed by atoms with Gasteiger partial charge < -0.3 is 10.1 Å². The van der Waals surface area contributed by atoms with E-state index in [9.17, 15) is 14.4 Å². The molecule has 2 heterocycles. The first-order chi connectivity index (χ1) is 20.3. The molecule has 0 fully saturated rings. The predicted octanol–water partition coefficient (Wildman–Crippen LogP) is 7.08. The van der Waals surface area contributed by atoms with Gasteiger partial charge in [0.25, 0.3) is 5.91 Å². The molecule has 0 unspecified atom stereocenters. The van der Waals surface area contributed by atoms with E-state index < -0.39 is 18.5 Å². The first-order valence-electron chi connectivity index (χ1n) is 12.9. The largest absolute Gasteiger partial charge is 0.452 e. The summed E-state index contributed by atoms with van der Waals surface area (Å²) in [6.07, 6.45) is 0. The fourth-order valence-corrected chi connectivity index (χ4v) is 6.11. The van der Waals surface area contributed by atoms with Crippen molar-refractivity contribution in [3.63, 3.8) is 0 Å². The summed E-state index contributed by atoms with van der Waals surface area (Å²) in [7, 11) is 0. The van der Waals surface area contributed by atoms with Crippen molar-refractivity contribution < 1.29 is 19.1 Å². The Balaban J connectivity index is 1.11. The highest BCUT2D eigenvalue weighted by atomic mass is 32.2. The molecule has 3 aromatic carbocycles. The minimum atomic E-state index is -0.657. The highest BCUT2D eigenvalue weighted by Crippen LogP contribution is 2.28. The van der Waals surface area contributed by atoms with Gasteiger partial charge in [0.15, 0.2) is 16.9 Å². The second-order valence-corrected chi connectivity index (χ2v) is 12.0. The molecule has 2 amide bonds. The van der Waals surface area contributed by atoms with Gasteiger partial charge in [0, 0.05) is 26.8 Å². The van der Waals surface area contributed by atoms with E-state index in [1.807, 2.05) is 73.1 Å². The lowest BCUT2D eigenvalue weighted by Gasteiger charge is -2.09. The fourth-order valence-electron chi connectivity index (χ4n) is 3.80. The summed E-state index contributed by atoms with van der Waals surface area (Å²) in [5.41, 5.74) is 6.06. The van der Waals surface area contributed by atoms with Crippen LogP contribution in [-0.2, 0) is 14.3 Å². The lowest BCUT2D eigenvalue weighted by molar-refractivity contribution is -0.119. The van der Waals surface area contributed by atoms with Crippen LogP contribution in [0, 0.1) is 13.8 Å². The number of hydrogen-bond donors (Lipinski definition) is 2. The highest BCUT2D eigenvalue weighted by molar-refractivity contribution is 8.00. The molecule has 0 saturated heterocycles. The summed E-state index contributed by atoms with van der Waals surface area (Å²) >= 11 is 3.84. The molecule has 5 rings (SSSR count). The van der Waals surface area contributed by atoms with Crippen LogP contribution >= 0.6 is 34.4 Å². The van der Waals surface area contributed by atoms with E-state index in [2.05, 4.69) is 20.6 Å². The number of carbonyl (C=O) groups is 3. The van der Waals surface area contributed by atoms with Crippen molar-refractivity contribution in [2.75, 3.05) is 23.0 Å². The van der Waals surface area contributed by atoms with Crippen LogP contribution in [0.5, 0.6) is 0 Å². The standard InChI is InChI=1S/C31H26N4O4S3/c1-19-7-11-21(12-8-19)24-16-41-30(32-24)34-27(36)15-39-29(38)23-5-3-4-6-26(23)40-18-28(37)35-31-33-25(17-42-31)22-13-9-20(2)10-14-22/h3-14,16-17H,15,18H2,1-2H3,(H,32,34,36)(H,33,35,37). The summed E-state index contributed by atoms with van der Waals surface area (Å²) in [4.78, 5) is 47.4. The van der Waals surface area contributed by atoms with Gasteiger partial charge in [-0.1, -0.05) is 71.8 Å². The highest BCUT2D eigenvalue weighted by Gasteiger charge is 2.17. The van der Waals surface area contributed by atoms with E-state index in [1.165, 1.54) is 34.4 Å². The number of carbonyl (C=O) groups excluding carboxylic acids is 3. The number of thioether (sulfide) groups is 1. The van der Waals surface area contributed by atoms with Crippen LogP contribution in [0.3, 0.4) is 0 Å². The predicted molar refractivity (Wildman–Crippen MR) is 169 cm³/mol. The molecule has 0 radical (unpaired) electrons. The van der Waals surface area contributed by atoms with E-state index in [1.54, 1.807) is 24.3 Å². The third-order valence-electron chi connectivity index (χ3n) is 6.00. The molecule has 2 N–H and O–H groups in total. The van der Waals surface area contributed by atoms with Gasteiger partial charge in [0.05, 0.1) is 22.7 Å². The van der Waals surface area contributed by atoms with Gasteiger partial charge in [-0.25, -0.2) is 14.8 Å². The average Bonchev–Trinajstić information content (AvgIpc) is 3.66. The van der Waals surface area contributed by atoms with Crippen molar-refractivity contribution in [1.29, 1.82) is 0 Å². The van der Waals surface area contributed by atoms with E-state index in [-0.39, 0.29) is 17.2 Å². The monoisotopic (exact) mass is 614 g/mol. The quantitative estimate of drug-likeness (QED) is 0.128. The summed E-state index contributed by atoms with van der Waals surface area (Å²) in [6, 6.07) is 22.8. The number of aromatic nitrogens is 2. The normalized spacial score (nSPS) is 10.7. The maximum absolute atomic E-state index is 12.8. The van der Waals surface area contributed by atoms with Crippen molar-refractivity contribution in [1.82, 2.24) is 9.97 Å². The molecular formula is C31H26N4O4S3. The Morgan fingerprint density at radius 3 is 1.83 bits per heavy atom. The summed E-state index contributed by atoms with van der Waals surface area (Å²) in [5.74, 6) is -1.33. The zero-order chi connectivity index (χ0) is 29.5. The van der Waals surface area contributed by atoms with Crippen LogP contribution in [0.25, 0.3) is 22.5 Å². The Morgan fingerprint density at radius 1 is 0.738 bits per heavy atom. The number of nitrogens with zero attached hydrogens (tertiary/aromatic N) is 2. The Labute approximate surface area is 255 Å².